The highest BCUT2D eigenvalue weighted by atomic mass is 16.6. The topological polar surface area (TPSA) is 91.9 Å². The Bertz CT molecular complexity index is 1130. The zero-order chi connectivity index (χ0) is 22.3. The summed E-state index contributed by atoms with van der Waals surface area (Å²) in [6.07, 6.45) is -0.467. The third-order valence-corrected chi connectivity index (χ3v) is 5.45. The molecule has 0 spiro atoms. The van der Waals surface area contributed by atoms with E-state index in [-0.39, 0.29) is 6.42 Å². The molecule has 2 N–H and O–H groups in total. The summed E-state index contributed by atoms with van der Waals surface area (Å²) in [5.74, 6) is -0.393. The van der Waals surface area contributed by atoms with Gasteiger partial charge in [0.25, 0.3) is 0 Å². The molecular formula is C24H26N2O5. The Morgan fingerprint density at radius 1 is 1.10 bits per heavy atom. The van der Waals surface area contributed by atoms with Gasteiger partial charge < -0.3 is 19.6 Å². The Labute approximate surface area is 180 Å². The second-order valence-electron chi connectivity index (χ2n) is 8.68. The molecule has 2 heterocycles. The molecule has 0 saturated heterocycles. The van der Waals surface area contributed by atoms with E-state index in [1.807, 2.05) is 36.4 Å². The van der Waals surface area contributed by atoms with Crippen molar-refractivity contribution in [3.8, 4) is 5.75 Å². The van der Waals surface area contributed by atoms with Crippen LogP contribution >= 0.6 is 0 Å². The summed E-state index contributed by atoms with van der Waals surface area (Å²) < 4.78 is 10.9. The van der Waals surface area contributed by atoms with Gasteiger partial charge in [-0.1, -0.05) is 30.3 Å². The van der Waals surface area contributed by atoms with Crippen molar-refractivity contribution in [1.82, 2.24) is 9.88 Å². The number of methoxy groups -OCH3 is 1. The van der Waals surface area contributed by atoms with Crippen LogP contribution in [0, 0.1) is 0 Å². The van der Waals surface area contributed by atoms with E-state index in [4.69, 9.17) is 9.47 Å². The van der Waals surface area contributed by atoms with Crippen LogP contribution in [0.4, 0.5) is 4.79 Å². The molecule has 0 fully saturated rings. The minimum atomic E-state index is -1.07. The van der Waals surface area contributed by atoms with Gasteiger partial charge in [0.1, 0.15) is 23.4 Å². The summed E-state index contributed by atoms with van der Waals surface area (Å²) in [4.78, 5) is 30.3. The van der Waals surface area contributed by atoms with Gasteiger partial charge in [-0.3, -0.25) is 4.90 Å². The van der Waals surface area contributed by atoms with E-state index >= 15 is 0 Å². The number of carboxylic acid groups (broad SMARTS) is 1. The average molecular weight is 422 g/mol. The molecule has 3 aromatic rings. The van der Waals surface area contributed by atoms with Crippen molar-refractivity contribution in [1.29, 1.82) is 0 Å². The Hall–Kier alpha value is -3.48. The van der Waals surface area contributed by atoms with Crippen LogP contribution in [-0.2, 0) is 16.0 Å². The Kier molecular flexibility index (Phi) is 5.13. The molecule has 0 aliphatic carbocycles. The number of fused-ring (bicyclic) bond motifs is 3. The zero-order valence-corrected chi connectivity index (χ0v) is 18.0. The number of H-pyrrole nitrogens is 1. The summed E-state index contributed by atoms with van der Waals surface area (Å²) in [6, 6.07) is 13.4. The van der Waals surface area contributed by atoms with Crippen LogP contribution in [0.15, 0.2) is 48.5 Å². The number of para-hydroxylation sites is 1. The normalized spacial score (nSPS) is 18.5. The Balaban J connectivity index is 1.93. The number of aliphatic carboxylic acids is 1. The molecule has 31 heavy (non-hydrogen) atoms. The molecule has 1 aliphatic rings. The molecule has 4 rings (SSSR count). The van der Waals surface area contributed by atoms with Gasteiger partial charge in [0, 0.05) is 23.0 Å². The van der Waals surface area contributed by atoms with Gasteiger partial charge in [0.15, 0.2) is 0 Å². The maximum absolute atomic E-state index is 13.3. The number of aromatic nitrogens is 1. The largest absolute Gasteiger partial charge is 0.497 e. The number of benzene rings is 2. The van der Waals surface area contributed by atoms with Crippen LogP contribution in [0.3, 0.4) is 0 Å². The molecule has 162 valence electrons. The first-order chi connectivity index (χ1) is 14.7. The number of nitrogens with one attached hydrogen (secondary N) is 1. The SMILES string of the molecule is COc1ccc([C@@H]2c3[nH]c4ccccc4c3C[C@@H](C(=O)O)N2C(=O)OC(C)(C)C)cc1. The highest BCUT2D eigenvalue weighted by Crippen LogP contribution is 2.42. The average Bonchev–Trinajstić information content (AvgIpc) is 3.09. The molecule has 1 amide bonds. The third-order valence-electron chi connectivity index (χ3n) is 5.45. The third kappa shape index (κ3) is 3.83. The maximum atomic E-state index is 13.3. The molecule has 2 atom stereocenters. The minimum Gasteiger partial charge on any atom is -0.497 e. The lowest BCUT2D eigenvalue weighted by atomic mass is 9.88. The van der Waals surface area contributed by atoms with E-state index in [1.165, 1.54) is 4.90 Å². The fraction of sp³-hybridized carbons (Fsp3) is 0.333. The van der Waals surface area contributed by atoms with Crippen molar-refractivity contribution in [3.05, 3.63) is 65.4 Å². The van der Waals surface area contributed by atoms with Crippen LogP contribution in [0.25, 0.3) is 10.9 Å². The van der Waals surface area contributed by atoms with Crippen molar-refractivity contribution in [2.24, 2.45) is 0 Å². The Morgan fingerprint density at radius 3 is 2.39 bits per heavy atom. The number of hydrogen-bond acceptors (Lipinski definition) is 4. The van der Waals surface area contributed by atoms with Crippen LogP contribution in [0.2, 0.25) is 0 Å². The lowest BCUT2D eigenvalue weighted by molar-refractivity contribution is -0.144. The number of rotatable bonds is 3. The minimum absolute atomic E-state index is 0.195. The Morgan fingerprint density at radius 2 is 1.77 bits per heavy atom. The van der Waals surface area contributed by atoms with Gasteiger partial charge >= 0.3 is 12.1 Å². The summed E-state index contributed by atoms with van der Waals surface area (Å²) >= 11 is 0. The van der Waals surface area contributed by atoms with Gasteiger partial charge in [-0.15, -0.1) is 0 Å². The van der Waals surface area contributed by atoms with Gasteiger partial charge in [0.2, 0.25) is 0 Å². The second kappa shape index (κ2) is 7.65. The molecule has 2 aromatic carbocycles. The van der Waals surface area contributed by atoms with Crippen molar-refractivity contribution in [2.75, 3.05) is 7.11 Å². The second-order valence-corrected chi connectivity index (χ2v) is 8.68. The first-order valence-corrected chi connectivity index (χ1v) is 10.2. The van der Waals surface area contributed by atoms with Gasteiger partial charge in [0.05, 0.1) is 7.11 Å². The zero-order valence-electron chi connectivity index (χ0n) is 18.0. The van der Waals surface area contributed by atoms with Crippen LogP contribution < -0.4 is 4.74 Å². The quantitative estimate of drug-likeness (QED) is 0.648. The van der Waals surface area contributed by atoms with Crippen LogP contribution in [0.5, 0.6) is 5.75 Å². The lowest BCUT2D eigenvalue weighted by Gasteiger charge is -2.40. The molecule has 1 aromatic heterocycles. The molecular weight excluding hydrogens is 396 g/mol. The molecule has 7 heteroatoms. The summed E-state index contributed by atoms with van der Waals surface area (Å²) in [6.45, 7) is 5.30. The molecule has 0 bridgehead atoms. The molecule has 1 aliphatic heterocycles. The van der Waals surface area contributed by atoms with E-state index in [9.17, 15) is 14.7 Å². The van der Waals surface area contributed by atoms with E-state index in [0.29, 0.717) is 5.75 Å². The first kappa shape index (κ1) is 20.8. The van der Waals surface area contributed by atoms with Crippen molar-refractivity contribution in [3.63, 3.8) is 0 Å². The molecule has 0 saturated carbocycles. The predicted molar refractivity (Wildman–Crippen MR) is 116 cm³/mol. The number of amides is 1. The number of hydrogen-bond donors (Lipinski definition) is 2. The molecule has 0 unspecified atom stereocenters. The first-order valence-electron chi connectivity index (χ1n) is 10.2. The fourth-order valence-corrected chi connectivity index (χ4v) is 4.15. The summed E-state index contributed by atoms with van der Waals surface area (Å²) in [7, 11) is 1.58. The van der Waals surface area contributed by atoms with Crippen LogP contribution in [-0.4, -0.2) is 45.8 Å². The van der Waals surface area contributed by atoms with Crippen molar-refractivity contribution < 1.29 is 24.2 Å². The van der Waals surface area contributed by atoms with E-state index in [1.54, 1.807) is 40.0 Å². The number of carbonyl (C=O) groups is 2. The number of carbonyl (C=O) groups excluding carboxylic acids is 1. The number of nitrogens with zero attached hydrogens (tertiary/aromatic N) is 1. The summed E-state index contributed by atoms with van der Waals surface area (Å²) in [5, 5.41) is 11.0. The lowest BCUT2D eigenvalue weighted by Crippen LogP contribution is -2.52. The van der Waals surface area contributed by atoms with Crippen LogP contribution in [0.1, 0.15) is 43.6 Å². The number of carboxylic acids is 1. The van der Waals surface area contributed by atoms with Gasteiger partial charge in [-0.2, -0.15) is 0 Å². The smallest absolute Gasteiger partial charge is 0.411 e. The van der Waals surface area contributed by atoms with Gasteiger partial charge in [-0.25, -0.2) is 9.59 Å². The van der Waals surface area contributed by atoms with Crippen molar-refractivity contribution >= 4 is 23.0 Å². The number of ether oxygens (including phenoxy) is 2. The number of aromatic amines is 1. The maximum Gasteiger partial charge on any atom is 0.411 e. The predicted octanol–water partition coefficient (Wildman–Crippen LogP) is 4.51. The van der Waals surface area contributed by atoms with E-state index in [2.05, 4.69) is 4.98 Å². The van der Waals surface area contributed by atoms with E-state index in [0.717, 1.165) is 27.7 Å². The highest BCUT2D eigenvalue weighted by Gasteiger charge is 2.45. The summed E-state index contributed by atoms with van der Waals surface area (Å²) in [5.41, 5.74) is 2.62. The van der Waals surface area contributed by atoms with E-state index < -0.39 is 29.7 Å². The molecule has 0 radical (unpaired) electrons. The van der Waals surface area contributed by atoms with Crippen molar-refractivity contribution in [2.45, 2.75) is 44.9 Å². The standard InChI is InChI=1S/C24H26N2O5/c1-24(2,3)31-23(29)26-19(22(27)28)13-17-16-7-5-6-8-18(16)25-20(17)21(26)14-9-11-15(30-4)12-10-14/h5-12,19,21,25H,13H2,1-4H3,(H,27,28)/t19-,21+/m0/s1. The highest BCUT2D eigenvalue weighted by molar-refractivity contribution is 5.89. The monoisotopic (exact) mass is 422 g/mol. The molecule has 7 nitrogen and oxygen atoms in total. The fourth-order valence-electron chi connectivity index (χ4n) is 4.15. The van der Waals surface area contributed by atoms with Gasteiger partial charge in [-0.05, 0) is 50.1 Å².